The lowest BCUT2D eigenvalue weighted by Crippen LogP contribution is -2.52. The van der Waals surface area contributed by atoms with E-state index in [1.54, 1.807) is 29.2 Å². The number of nitrogens with zero attached hydrogens (tertiary/aromatic N) is 1. The molecule has 0 bridgehead atoms. The van der Waals surface area contributed by atoms with Crippen LogP contribution in [-0.2, 0) is 9.59 Å². The molecule has 24 heavy (non-hydrogen) atoms. The molecule has 0 saturated carbocycles. The van der Waals surface area contributed by atoms with Gasteiger partial charge in [-0.3, -0.25) is 14.4 Å². The van der Waals surface area contributed by atoms with Crippen LogP contribution < -0.4 is 5.32 Å². The smallest absolute Gasteiger partial charge is 0.248 e. The topological polar surface area (TPSA) is 66.5 Å². The highest BCUT2D eigenvalue weighted by Gasteiger charge is 2.34. The van der Waals surface area contributed by atoms with E-state index in [-0.39, 0.29) is 30.4 Å². The summed E-state index contributed by atoms with van der Waals surface area (Å²) in [6, 6.07) is 12.1. The summed E-state index contributed by atoms with van der Waals surface area (Å²) < 4.78 is 0. The summed E-state index contributed by atoms with van der Waals surface area (Å²) in [4.78, 5) is 39.4. The molecule has 0 aliphatic carbocycles. The molecule has 1 atom stereocenters. The lowest BCUT2D eigenvalue weighted by Gasteiger charge is -2.34. The molecule has 0 spiro atoms. The maximum atomic E-state index is 12.6. The third-order valence-corrected chi connectivity index (χ3v) is 4.93. The van der Waals surface area contributed by atoms with E-state index in [1.807, 2.05) is 23.6 Å². The molecule has 1 saturated heterocycles. The summed E-state index contributed by atoms with van der Waals surface area (Å²) >= 11 is 1.45. The molecule has 124 valence electrons. The average Bonchev–Trinajstić information content (AvgIpc) is 3.14. The largest absolute Gasteiger partial charge is 0.352 e. The molecule has 1 N–H and O–H groups in total. The number of rotatable bonds is 5. The Morgan fingerprint density at radius 3 is 2.62 bits per heavy atom. The molecule has 1 fully saturated rings. The van der Waals surface area contributed by atoms with Crippen LogP contribution in [0.5, 0.6) is 0 Å². The summed E-state index contributed by atoms with van der Waals surface area (Å²) in [5, 5.41) is 4.69. The Hall–Kier alpha value is -2.47. The van der Waals surface area contributed by atoms with Crippen LogP contribution >= 0.6 is 11.3 Å². The maximum absolute atomic E-state index is 12.6. The first-order valence-electron chi connectivity index (χ1n) is 7.85. The van der Waals surface area contributed by atoms with Gasteiger partial charge in [0.05, 0.1) is 0 Å². The Balaban J connectivity index is 1.67. The molecule has 2 amide bonds. The third-order valence-electron chi connectivity index (χ3n) is 4.01. The van der Waals surface area contributed by atoms with Gasteiger partial charge in [-0.25, -0.2) is 0 Å². The van der Waals surface area contributed by atoms with Crippen molar-refractivity contribution in [3.63, 3.8) is 0 Å². The standard InChI is InChI=1S/C18H18N2O3S/c21-14(13-5-2-1-3-6-13)8-9-16(22)20-11-10-19-18(23)17(20)15-7-4-12-24-15/h1-7,12,17H,8-11H2,(H,19,23). The van der Waals surface area contributed by atoms with Gasteiger partial charge < -0.3 is 10.2 Å². The Bertz CT molecular complexity index is 728. The predicted octanol–water partition coefficient (Wildman–Crippen LogP) is 2.41. The minimum absolute atomic E-state index is 0.0573. The number of piperazine rings is 1. The van der Waals surface area contributed by atoms with Gasteiger partial charge in [0.2, 0.25) is 11.8 Å². The number of thiophene rings is 1. The number of ketones is 1. The number of benzene rings is 1. The molecule has 1 aromatic heterocycles. The van der Waals surface area contributed by atoms with Gasteiger partial charge in [-0.1, -0.05) is 36.4 Å². The van der Waals surface area contributed by atoms with E-state index in [4.69, 9.17) is 0 Å². The van der Waals surface area contributed by atoms with E-state index in [9.17, 15) is 14.4 Å². The monoisotopic (exact) mass is 342 g/mol. The summed E-state index contributed by atoms with van der Waals surface area (Å²) in [6.45, 7) is 0.908. The summed E-state index contributed by atoms with van der Waals surface area (Å²) in [6.07, 6.45) is 0.265. The second-order valence-electron chi connectivity index (χ2n) is 5.59. The van der Waals surface area contributed by atoms with Crippen LogP contribution in [0.4, 0.5) is 0 Å². The van der Waals surface area contributed by atoms with Crippen LogP contribution in [0.3, 0.4) is 0 Å². The van der Waals surface area contributed by atoms with E-state index in [0.717, 1.165) is 4.88 Å². The molecule has 5 nitrogen and oxygen atoms in total. The Morgan fingerprint density at radius 2 is 1.92 bits per heavy atom. The van der Waals surface area contributed by atoms with Gasteiger partial charge in [0, 0.05) is 36.4 Å². The Kier molecular flexibility index (Phi) is 5.05. The first kappa shape index (κ1) is 16.4. The number of amides is 2. The summed E-state index contributed by atoms with van der Waals surface area (Å²) in [7, 11) is 0. The summed E-state index contributed by atoms with van der Waals surface area (Å²) in [5.41, 5.74) is 0.608. The van der Waals surface area contributed by atoms with E-state index >= 15 is 0 Å². The predicted molar refractivity (Wildman–Crippen MR) is 91.8 cm³/mol. The quantitative estimate of drug-likeness (QED) is 0.849. The summed E-state index contributed by atoms with van der Waals surface area (Å²) in [5.74, 6) is -0.378. The molecule has 2 heterocycles. The van der Waals surface area contributed by atoms with Gasteiger partial charge in [-0.05, 0) is 11.4 Å². The Morgan fingerprint density at radius 1 is 1.12 bits per heavy atom. The van der Waals surface area contributed by atoms with Crippen molar-refractivity contribution in [2.75, 3.05) is 13.1 Å². The van der Waals surface area contributed by atoms with Crippen molar-refractivity contribution in [3.8, 4) is 0 Å². The van der Waals surface area contributed by atoms with Crippen LogP contribution in [0.15, 0.2) is 47.8 Å². The number of Topliss-reactive ketones (excluding diaryl/α,β-unsaturated/α-hetero) is 1. The number of nitrogens with one attached hydrogen (secondary N) is 1. The first-order chi connectivity index (χ1) is 11.7. The van der Waals surface area contributed by atoms with Crippen LogP contribution in [0.25, 0.3) is 0 Å². The van der Waals surface area contributed by atoms with Gasteiger partial charge in [0.25, 0.3) is 0 Å². The normalized spacial score (nSPS) is 17.4. The van der Waals surface area contributed by atoms with Crippen molar-refractivity contribution in [1.82, 2.24) is 10.2 Å². The van der Waals surface area contributed by atoms with Gasteiger partial charge in [0.15, 0.2) is 5.78 Å². The fourth-order valence-electron chi connectivity index (χ4n) is 2.80. The minimum atomic E-state index is -0.585. The molecule has 1 aliphatic heterocycles. The zero-order valence-corrected chi connectivity index (χ0v) is 13.9. The zero-order chi connectivity index (χ0) is 16.9. The molecule has 6 heteroatoms. The van der Waals surface area contributed by atoms with E-state index in [1.165, 1.54) is 11.3 Å². The fraction of sp³-hybridized carbons (Fsp3) is 0.278. The lowest BCUT2D eigenvalue weighted by atomic mass is 10.0. The SMILES string of the molecule is O=C(CCC(=O)N1CCNC(=O)C1c1cccs1)c1ccccc1. The third kappa shape index (κ3) is 3.54. The zero-order valence-electron chi connectivity index (χ0n) is 13.1. The van der Waals surface area contributed by atoms with E-state index in [0.29, 0.717) is 18.7 Å². The second kappa shape index (κ2) is 7.40. The fourth-order valence-corrected chi connectivity index (χ4v) is 3.63. The van der Waals surface area contributed by atoms with Crippen LogP contribution in [0.1, 0.15) is 34.1 Å². The van der Waals surface area contributed by atoms with Gasteiger partial charge in [-0.15, -0.1) is 11.3 Å². The molecule has 0 radical (unpaired) electrons. The average molecular weight is 342 g/mol. The van der Waals surface area contributed by atoms with E-state index < -0.39 is 6.04 Å². The first-order valence-corrected chi connectivity index (χ1v) is 8.73. The van der Waals surface area contributed by atoms with Crippen molar-refractivity contribution >= 4 is 28.9 Å². The number of hydrogen-bond acceptors (Lipinski definition) is 4. The minimum Gasteiger partial charge on any atom is -0.352 e. The molecule has 1 aromatic carbocycles. The van der Waals surface area contributed by atoms with E-state index in [2.05, 4.69) is 5.32 Å². The molecular weight excluding hydrogens is 324 g/mol. The molecule has 2 aromatic rings. The van der Waals surface area contributed by atoms with Gasteiger partial charge >= 0.3 is 0 Å². The van der Waals surface area contributed by atoms with Crippen molar-refractivity contribution in [2.45, 2.75) is 18.9 Å². The van der Waals surface area contributed by atoms with Gasteiger partial charge in [-0.2, -0.15) is 0 Å². The second-order valence-corrected chi connectivity index (χ2v) is 6.56. The van der Waals surface area contributed by atoms with Crippen molar-refractivity contribution in [1.29, 1.82) is 0 Å². The molecule has 3 rings (SSSR count). The highest BCUT2D eigenvalue weighted by molar-refractivity contribution is 7.10. The maximum Gasteiger partial charge on any atom is 0.248 e. The Labute approximate surface area is 144 Å². The number of carbonyl (C=O) groups excluding carboxylic acids is 3. The van der Waals surface area contributed by atoms with Crippen molar-refractivity contribution in [3.05, 3.63) is 58.3 Å². The molecular formula is C18H18N2O3S. The van der Waals surface area contributed by atoms with Crippen molar-refractivity contribution in [2.24, 2.45) is 0 Å². The highest BCUT2D eigenvalue weighted by Crippen LogP contribution is 2.28. The highest BCUT2D eigenvalue weighted by atomic mass is 32.1. The van der Waals surface area contributed by atoms with Crippen LogP contribution in [0, 0.1) is 0 Å². The van der Waals surface area contributed by atoms with Crippen LogP contribution in [-0.4, -0.2) is 35.6 Å². The molecule has 1 unspecified atom stereocenters. The van der Waals surface area contributed by atoms with Crippen molar-refractivity contribution < 1.29 is 14.4 Å². The number of carbonyl (C=O) groups is 3. The number of hydrogen-bond donors (Lipinski definition) is 1. The lowest BCUT2D eigenvalue weighted by molar-refractivity contribution is -0.143. The van der Waals surface area contributed by atoms with Crippen LogP contribution in [0.2, 0.25) is 0 Å². The molecule has 1 aliphatic rings. The van der Waals surface area contributed by atoms with Gasteiger partial charge in [0.1, 0.15) is 6.04 Å².